The number of hydrogen-bond acceptors (Lipinski definition) is 6. The lowest BCUT2D eigenvalue weighted by Crippen LogP contribution is -2.30. The Bertz CT molecular complexity index is 1300. The molecular formula is C25H24N2O6S. The summed E-state index contributed by atoms with van der Waals surface area (Å²) >= 11 is 0. The number of ether oxygens (including phenoxy) is 1. The first-order chi connectivity index (χ1) is 16.2. The molecule has 34 heavy (non-hydrogen) atoms. The third-order valence-corrected chi connectivity index (χ3v) is 6.58. The van der Waals surface area contributed by atoms with E-state index in [0.717, 1.165) is 11.1 Å². The number of non-ortho nitro benzene ring substituents is 1. The van der Waals surface area contributed by atoms with Gasteiger partial charge in [0.05, 0.1) is 23.0 Å². The van der Waals surface area contributed by atoms with E-state index < -0.39 is 21.0 Å². The molecule has 0 aliphatic carbocycles. The molecule has 1 atom stereocenters. The third-order valence-electron chi connectivity index (χ3n) is 5.10. The molecule has 0 aliphatic heterocycles. The van der Waals surface area contributed by atoms with Crippen LogP contribution >= 0.6 is 0 Å². The molecule has 0 aromatic heterocycles. The number of nitro groups is 1. The van der Waals surface area contributed by atoms with Crippen molar-refractivity contribution in [2.24, 2.45) is 0 Å². The number of nitrogens with zero attached hydrogens (tertiary/aromatic N) is 1. The van der Waals surface area contributed by atoms with Gasteiger partial charge >= 0.3 is 0 Å². The molecule has 0 fully saturated rings. The molecule has 8 nitrogen and oxygen atoms in total. The predicted molar refractivity (Wildman–Crippen MR) is 129 cm³/mol. The van der Waals surface area contributed by atoms with Crippen LogP contribution in [-0.2, 0) is 14.8 Å². The quantitative estimate of drug-likeness (QED) is 0.257. The Balaban J connectivity index is 1.86. The number of sulfonamides is 1. The van der Waals surface area contributed by atoms with Crippen LogP contribution in [0.2, 0.25) is 0 Å². The average Bonchev–Trinajstić information content (AvgIpc) is 2.82. The van der Waals surface area contributed by atoms with Gasteiger partial charge in [0.25, 0.3) is 5.69 Å². The van der Waals surface area contributed by atoms with Gasteiger partial charge in [-0.05, 0) is 48.4 Å². The van der Waals surface area contributed by atoms with Crippen LogP contribution in [0.1, 0.15) is 29.2 Å². The van der Waals surface area contributed by atoms with E-state index in [2.05, 4.69) is 4.72 Å². The number of aryl methyl sites for hydroxylation is 1. The van der Waals surface area contributed by atoms with Crippen LogP contribution < -0.4 is 9.46 Å². The highest BCUT2D eigenvalue weighted by Crippen LogP contribution is 2.24. The zero-order valence-electron chi connectivity index (χ0n) is 18.7. The second-order valence-corrected chi connectivity index (χ2v) is 9.33. The Kier molecular flexibility index (Phi) is 7.93. The number of nitrogens with one attached hydrogen (secondary N) is 1. The molecule has 0 saturated heterocycles. The molecule has 0 aliphatic rings. The lowest BCUT2D eigenvalue weighted by atomic mass is 10.0. The molecule has 9 heteroatoms. The fourth-order valence-electron chi connectivity index (χ4n) is 3.23. The molecule has 1 N–H and O–H groups in total. The second-order valence-electron chi connectivity index (χ2n) is 7.62. The standard InChI is InChI=1S/C25H24N2O6S/c1-18-6-14-24(15-7-18)34(31,32)26-25(20-9-11-21(12-10-20)27(29)30)17-22(28)13-8-19-4-3-5-23(16-19)33-2/h3-16,25-26H,17H2,1-2H3/b13-8+. The van der Waals surface area contributed by atoms with E-state index in [0.29, 0.717) is 11.3 Å². The summed E-state index contributed by atoms with van der Waals surface area (Å²) in [6, 6.07) is 18.0. The summed E-state index contributed by atoms with van der Waals surface area (Å²) in [4.78, 5) is 23.2. The minimum atomic E-state index is -3.95. The summed E-state index contributed by atoms with van der Waals surface area (Å²) in [5, 5.41) is 11.0. The number of nitro benzene ring substituents is 1. The molecule has 0 bridgehead atoms. The van der Waals surface area contributed by atoms with Crippen LogP contribution in [0.3, 0.4) is 0 Å². The van der Waals surface area contributed by atoms with Crippen molar-refractivity contribution in [3.05, 3.63) is 106 Å². The van der Waals surface area contributed by atoms with Crippen molar-refractivity contribution in [1.82, 2.24) is 4.72 Å². The normalized spacial score (nSPS) is 12.4. The Morgan fingerprint density at radius 2 is 1.76 bits per heavy atom. The molecule has 0 saturated carbocycles. The maximum absolute atomic E-state index is 13.0. The van der Waals surface area contributed by atoms with Crippen LogP contribution in [-0.4, -0.2) is 26.2 Å². The zero-order valence-corrected chi connectivity index (χ0v) is 19.5. The number of carbonyl (C=O) groups excluding carboxylic acids is 1. The van der Waals surface area contributed by atoms with Gasteiger partial charge in [0.2, 0.25) is 10.0 Å². The van der Waals surface area contributed by atoms with E-state index in [1.54, 1.807) is 49.6 Å². The van der Waals surface area contributed by atoms with Gasteiger partial charge in [-0.2, -0.15) is 0 Å². The number of ketones is 1. The van der Waals surface area contributed by atoms with E-state index in [1.807, 2.05) is 6.92 Å². The summed E-state index contributed by atoms with van der Waals surface area (Å²) in [6.45, 7) is 1.84. The van der Waals surface area contributed by atoms with Gasteiger partial charge < -0.3 is 4.74 Å². The number of carbonyl (C=O) groups is 1. The fraction of sp³-hybridized carbons (Fsp3) is 0.160. The predicted octanol–water partition coefficient (Wildman–Crippen LogP) is 4.60. The summed E-state index contributed by atoms with van der Waals surface area (Å²) in [5.41, 5.74) is 1.96. The monoisotopic (exact) mass is 480 g/mol. The number of rotatable bonds is 10. The van der Waals surface area contributed by atoms with Gasteiger partial charge in [-0.3, -0.25) is 14.9 Å². The molecule has 0 heterocycles. The largest absolute Gasteiger partial charge is 0.497 e. The van der Waals surface area contributed by atoms with Crippen LogP contribution in [0.25, 0.3) is 6.08 Å². The molecule has 0 radical (unpaired) electrons. The van der Waals surface area contributed by atoms with E-state index >= 15 is 0 Å². The van der Waals surface area contributed by atoms with Crippen molar-refractivity contribution in [2.45, 2.75) is 24.3 Å². The highest BCUT2D eigenvalue weighted by Gasteiger charge is 2.23. The van der Waals surface area contributed by atoms with Gasteiger partial charge in [-0.15, -0.1) is 0 Å². The minimum Gasteiger partial charge on any atom is -0.497 e. The van der Waals surface area contributed by atoms with Crippen LogP contribution in [0.4, 0.5) is 5.69 Å². The molecule has 3 aromatic carbocycles. The Hall–Kier alpha value is -3.82. The van der Waals surface area contributed by atoms with Crippen molar-refractivity contribution in [3.63, 3.8) is 0 Å². The smallest absolute Gasteiger partial charge is 0.269 e. The SMILES string of the molecule is COc1cccc(/C=C/C(=O)CC(NS(=O)(=O)c2ccc(C)cc2)c2ccc([N+](=O)[O-])cc2)c1. The molecule has 3 aromatic rings. The van der Waals surface area contributed by atoms with E-state index in [9.17, 15) is 23.3 Å². The average molecular weight is 481 g/mol. The van der Waals surface area contributed by atoms with E-state index in [4.69, 9.17) is 4.74 Å². The highest BCUT2D eigenvalue weighted by atomic mass is 32.2. The first-order valence-corrected chi connectivity index (χ1v) is 11.8. The topological polar surface area (TPSA) is 116 Å². The molecule has 1 unspecified atom stereocenters. The molecular weight excluding hydrogens is 456 g/mol. The fourth-order valence-corrected chi connectivity index (χ4v) is 4.46. The number of benzene rings is 3. The molecule has 0 amide bonds. The van der Waals surface area contributed by atoms with Gasteiger partial charge in [-0.25, -0.2) is 13.1 Å². The second kappa shape index (κ2) is 10.9. The maximum Gasteiger partial charge on any atom is 0.269 e. The zero-order chi connectivity index (χ0) is 24.7. The number of hydrogen-bond donors (Lipinski definition) is 1. The first kappa shape index (κ1) is 24.8. The summed E-state index contributed by atoms with van der Waals surface area (Å²) < 4.78 is 33.7. The van der Waals surface area contributed by atoms with Crippen molar-refractivity contribution >= 4 is 27.6 Å². The maximum atomic E-state index is 13.0. The van der Waals surface area contributed by atoms with Gasteiger partial charge in [0.15, 0.2) is 5.78 Å². The van der Waals surface area contributed by atoms with E-state index in [-0.39, 0.29) is 22.8 Å². The lowest BCUT2D eigenvalue weighted by Gasteiger charge is -2.18. The van der Waals surface area contributed by atoms with Crippen molar-refractivity contribution < 1.29 is 22.9 Å². The Morgan fingerprint density at radius 3 is 2.38 bits per heavy atom. The van der Waals surface area contributed by atoms with Crippen molar-refractivity contribution in [3.8, 4) is 5.75 Å². The Labute approximate surface area is 198 Å². The number of allylic oxidation sites excluding steroid dienone is 1. The molecule has 176 valence electrons. The van der Waals surface area contributed by atoms with Crippen molar-refractivity contribution in [1.29, 1.82) is 0 Å². The molecule has 0 spiro atoms. The Morgan fingerprint density at radius 1 is 1.09 bits per heavy atom. The summed E-state index contributed by atoms with van der Waals surface area (Å²) in [6.07, 6.45) is 2.81. The number of methoxy groups -OCH3 is 1. The van der Waals surface area contributed by atoms with Crippen LogP contribution in [0.5, 0.6) is 5.75 Å². The van der Waals surface area contributed by atoms with Crippen LogP contribution in [0, 0.1) is 17.0 Å². The van der Waals surface area contributed by atoms with Crippen molar-refractivity contribution in [2.75, 3.05) is 7.11 Å². The van der Waals surface area contributed by atoms with Gasteiger partial charge in [0, 0.05) is 18.6 Å². The highest BCUT2D eigenvalue weighted by molar-refractivity contribution is 7.89. The van der Waals surface area contributed by atoms with E-state index in [1.165, 1.54) is 42.5 Å². The first-order valence-electron chi connectivity index (χ1n) is 10.4. The minimum absolute atomic E-state index is 0.0596. The van der Waals surface area contributed by atoms with Gasteiger partial charge in [-0.1, -0.05) is 48.0 Å². The van der Waals surface area contributed by atoms with Crippen LogP contribution in [0.15, 0.2) is 83.8 Å². The summed E-state index contributed by atoms with van der Waals surface area (Å²) in [5.74, 6) is 0.321. The lowest BCUT2D eigenvalue weighted by molar-refractivity contribution is -0.384. The molecule has 3 rings (SSSR count). The van der Waals surface area contributed by atoms with Gasteiger partial charge in [0.1, 0.15) is 5.75 Å². The summed E-state index contributed by atoms with van der Waals surface area (Å²) in [7, 11) is -2.40. The third kappa shape index (κ3) is 6.60.